The molecule has 1 saturated heterocycles. The molecule has 5 N–H and O–H groups in total. The van der Waals surface area contributed by atoms with Crippen LogP contribution in [0.1, 0.15) is 52.0 Å². The maximum absolute atomic E-state index is 12.9. The molecule has 4 atom stereocenters. The average Bonchev–Trinajstić information content (AvgIpc) is 3.40. The highest BCUT2D eigenvalue weighted by atomic mass is 16.5. The Kier molecular flexibility index (Phi) is 12.2. The van der Waals surface area contributed by atoms with Gasteiger partial charge in [0.25, 0.3) is 0 Å². The highest BCUT2D eigenvalue weighted by molar-refractivity contribution is 5.95. The van der Waals surface area contributed by atoms with Gasteiger partial charge < -0.3 is 36.0 Å². The van der Waals surface area contributed by atoms with Crippen molar-refractivity contribution < 1.29 is 38.6 Å². The number of carbonyl (C=O) groups is 6. The molecule has 214 valence electrons. The van der Waals surface area contributed by atoms with Gasteiger partial charge in [0.15, 0.2) is 0 Å². The Hall–Kier alpha value is -4.16. The number of alkyl carbamates (subject to hydrolysis) is 1. The summed E-state index contributed by atoms with van der Waals surface area (Å²) < 4.78 is 5.11. The van der Waals surface area contributed by atoms with Gasteiger partial charge in [0.05, 0.1) is 0 Å². The monoisotopic (exact) mass is 547 g/mol. The first-order valence-corrected chi connectivity index (χ1v) is 12.9. The van der Waals surface area contributed by atoms with Gasteiger partial charge in [-0.3, -0.25) is 24.0 Å². The smallest absolute Gasteiger partial charge is 0.408 e. The molecule has 0 aromatic heterocycles. The fourth-order valence-electron chi connectivity index (χ4n) is 4.07. The Morgan fingerprint density at radius 2 is 1.67 bits per heavy atom. The minimum absolute atomic E-state index is 0.0529. The van der Waals surface area contributed by atoms with Gasteiger partial charge in [-0.15, -0.1) is 0 Å². The van der Waals surface area contributed by atoms with E-state index >= 15 is 0 Å². The average molecular weight is 548 g/mol. The van der Waals surface area contributed by atoms with E-state index < -0.39 is 60.4 Å². The largest absolute Gasteiger partial charge is 0.481 e. The maximum Gasteiger partial charge on any atom is 0.408 e. The molecule has 1 aliphatic rings. The van der Waals surface area contributed by atoms with Crippen LogP contribution >= 0.6 is 0 Å². The zero-order chi connectivity index (χ0) is 28.9. The van der Waals surface area contributed by atoms with Gasteiger partial charge in [0, 0.05) is 19.5 Å². The van der Waals surface area contributed by atoms with Crippen molar-refractivity contribution in [1.82, 2.24) is 26.2 Å². The number of rotatable bonds is 13. The molecule has 13 heteroatoms. The SMILES string of the molecule is CCNC(=O)[C@@H]1CCCN1C(=O)[C@H](C)NC(=O)[C@H](C)NC(=O)[C@H](CCC(=O)O)NC(=O)OCc1ccccc1. The van der Waals surface area contributed by atoms with E-state index in [4.69, 9.17) is 9.84 Å². The zero-order valence-electron chi connectivity index (χ0n) is 22.4. The second kappa shape index (κ2) is 15.3. The van der Waals surface area contributed by atoms with Crippen molar-refractivity contribution in [2.45, 2.75) is 77.2 Å². The lowest BCUT2D eigenvalue weighted by Gasteiger charge is -2.28. The van der Waals surface area contributed by atoms with Crippen LogP contribution in [-0.2, 0) is 35.3 Å². The van der Waals surface area contributed by atoms with Crippen LogP contribution < -0.4 is 21.3 Å². The molecule has 1 aromatic carbocycles. The van der Waals surface area contributed by atoms with Gasteiger partial charge in [-0.25, -0.2) is 4.79 Å². The third-order valence-corrected chi connectivity index (χ3v) is 6.14. The van der Waals surface area contributed by atoms with Crippen LogP contribution in [0, 0.1) is 0 Å². The highest BCUT2D eigenvalue weighted by Gasteiger charge is 2.36. The van der Waals surface area contributed by atoms with E-state index in [1.165, 1.54) is 18.7 Å². The fraction of sp³-hybridized carbons (Fsp3) is 0.538. The Labute approximate surface area is 227 Å². The molecule has 0 saturated carbocycles. The number of carbonyl (C=O) groups excluding carboxylic acids is 5. The fourth-order valence-corrected chi connectivity index (χ4v) is 4.07. The van der Waals surface area contributed by atoms with Gasteiger partial charge in [-0.2, -0.15) is 0 Å². The minimum atomic E-state index is -1.28. The number of hydrogen-bond donors (Lipinski definition) is 5. The molecule has 0 spiro atoms. The second-order valence-corrected chi connectivity index (χ2v) is 9.24. The molecule has 1 heterocycles. The lowest BCUT2D eigenvalue weighted by Crippen LogP contribution is -2.56. The number of ether oxygens (including phenoxy) is 1. The third-order valence-electron chi connectivity index (χ3n) is 6.14. The summed E-state index contributed by atoms with van der Waals surface area (Å²) >= 11 is 0. The Balaban J connectivity index is 1.93. The molecular formula is C26H37N5O8. The summed E-state index contributed by atoms with van der Waals surface area (Å²) in [5, 5.41) is 19.0. The Morgan fingerprint density at radius 3 is 2.31 bits per heavy atom. The number of hydrogen-bond acceptors (Lipinski definition) is 7. The molecule has 0 aliphatic carbocycles. The number of benzene rings is 1. The molecular weight excluding hydrogens is 510 g/mol. The normalized spacial score (nSPS) is 16.8. The van der Waals surface area contributed by atoms with Gasteiger partial charge in [-0.05, 0) is 45.6 Å². The van der Waals surface area contributed by atoms with Gasteiger partial charge in [0.2, 0.25) is 23.6 Å². The van der Waals surface area contributed by atoms with Crippen LogP contribution in [0.4, 0.5) is 4.79 Å². The number of likely N-dealkylation sites (N-methyl/N-ethyl adjacent to an activating group) is 1. The highest BCUT2D eigenvalue weighted by Crippen LogP contribution is 2.18. The lowest BCUT2D eigenvalue weighted by atomic mass is 10.1. The van der Waals surface area contributed by atoms with Crippen LogP contribution in [0.3, 0.4) is 0 Å². The van der Waals surface area contributed by atoms with Crippen LogP contribution in [0.2, 0.25) is 0 Å². The van der Waals surface area contributed by atoms with Gasteiger partial charge >= 0.3 is 12.1 Å². The molecule has 0 bridgehead atoms. The van der Waals surface area contributed by atoms with E-state index in [9.17, 15) is 28.8 Å². The van der Waals surface area contributed by atoms with Crippen molar-refractivity contribution in [3.8, 4) is 0 Å². The summed E-state index contributed by atoms with van der Waals surface area (Å²) in [4.78, 5) is 75.4. The summed E-state index contributed by atoms with van der Waals surface area (Å²) in [6, 6.07) is 4.90. The van der Waals surface area contributed by atoms with Crippen molar-refractivity contribution in [3.63, 3.8) is 0 Å². The maximum atomic E-state index is 12.9. The molecule has 13 nitrogen and oxygen atoms in total. The van der Waals surface area contributed by atoms with Crippen molar-refractivity contribution in [2.75, 3.05) is 13.1 Å². The van der Waals surface area contributed by atoms with Gasteiger partial charge in [-0.1, -0.05) is 30.3 Å². The minimum Gasteiger partial charge on any atom is -0.481 e. The molecule has 0 radical (unpaired) electrons. The van der Waals surface area contributed by atoms with Crippen LogP contribution in [0.15, 0.2) is 30.3 Å². The molecule has 1 aromatic rings. The molecule has 1 fully saturated rings. The lowest BCUT2D eigenvalue weighted by molar-refractivity contribution is -0.141. The third kappa shape index (κ3) is 9.91. The first-order chi connectivity index (χ1) is 18.5. The first-order valence-electron chi connectivity index (χ1n) is 12.9. The number of carboxylic acids is 1. The number of carboxylic acid groups (broad SMARTS) is 1. The van der Waals surface area contributed by atoms with Crippen LogP contribution in [-0.4, -0.2) is 83.0 Å². The topological polar surface area (TPSA) is 183 Å². The van der Waals surface area contributed by atoms with Crippen molar-refractivity contribution >= 4 is 35.7 Å². The Morgan fingerprint density at radius 1 is 1.00 bits per heavy atom. The molecule has 39 heavy (non-hydrogen) atoms. The van der Waals surface area contributed by atoms with Crippen LogP contribution in [0.25, 0.3) is 0 Å². The van der Waals surface area contributed by atoms with Crippen molar-refractivity contribution in [1.29, 1.82) is 0 Å². The summed E-state index contributed by atoms with van der Waals surface area (Å²) in [6.07, 6.45) is -0.372. The number of aliphatic carboxylic acids is 1. The molecule has 1 aliphatic heterocycles. The van der Waals surface area contributed by atoms with Crippen LogP contribution in [0.5, 0.6) is 0 Å². The zero-order valence-corrected chi connectivity index (χ0v) is 22.4. The molecule has 0 unspecified atom stereocenters. The number of likely N-dealkylation sites (tertiary alicyclic amines) is 1. The van der Waals surface area contributed by atoms with E-state index in [1.54, 1.807) is 37.3 Å². The van der Waals surface area contributed by atoms with E-state index in [1.807, 2.05) is 0 Å². The quantitative estimate of drug-likeness (QED) is 0.233. The van der Waals surface area contributed by atoms with E-state index in [2.05, 4.69) is 21.3 Å². The van der Waals surface area contributed by atoms with E-state index in [-0.39, 0.29) is 18.9 Å². The summed E-state index contributed by atoms with van der Waals surface area (Å²) in [5.41, 5.74) is 0.722. The summed E-state index contributed by atoms with van der Waals surface area (Å²) in [6.45, 7) is 5.44. The summed E-state index contributed by atoms with van der Waals surface area (Å²) in [7, 11) is 0. The molecule has 2 rings (SSSR count). The summed E-state index contributed by atoms with van der Waals surface area (Å²) in [5.74, 6) is -3.28. The predicted octanol–water partition coefficient (Wildman–Crippen LogP) is 0.283. The number of nitrogens with one attached hydrogen (secondary N) is 4. The number of amides is 5. The Bertz CT molecular complexity index is 1030. The van der Waals surface area contributed by atoms with Crippen molar-refractivity contribution in [3.05, 3.63) is 35.9 Å². The van der Waals surface area contributed by atoms with Gasteiger partial charge in [0.1, 0.15) is 30.8 Å². The molecule has 5 amide bonds. The standard InChI is InChI=1S/C26H37N5O8/c1-4-27-24(36)20-11-8-14-31(20)25(37)17(3)29-22(34)16(2)28-23(35)19(12-13-21(32)33)30-26(38)39-15-18-9-6-5-7-10-18/h5-7,9-10,16-17,19-20H,4,8,11-15H2,1-3H3,(H,27,36)(H,28,35)(H,29,34)(H,30,38)(H,32,33)/t16-,17-,19-,20-/m0/s1. The number of nitrogens with zero attached hydrogens (tertiary/aromatic N) is 1. The van der Waals surface area contributed by atoms with E-state index in [0.29, 0.717) is 25.9 Å². The second-order valence-electron chi connectivity index (χ2n) is 9.24. The van der Waals surface area contributed by atoms with Crippen molar-refractivity contribution in [2.24, 2.45) is 0 Å². The van der Waals surface area contributed by atoms with E-state index in [0.717, 1.165) is 5.56 Å². The predicted molar refractivity (Wildman–Crippen MR) is 139 cm³/mol. The first kappa shape index (κ1) is 31.1.